The first-order chi connectivity index (χ1) is 12.3. The van der Waals surface area contributed by atoms with E-state index in [9.17, 15) is 19.1 Å². The van der Waals surface area contributed by atoms with Gasteiger partial charge in [-0.25, -0.2) is 14.2 Å². The van der Waals surface area contributed by atoms with Crippen molar-refractivity contribution in [3.63, 3.8) is 0 Å². The Morgan fingerprint density at radius 2 is 1.92 bits per heavy atom. The second kappa shape index (κ2) is 7.09. The molecule has 0 aliphatic heterocycles. The number of carbonyl (C=O) groups excluding carboxylic acids is 1. The largest absolute Gasteiger partial charge is 0.478 e. The fourth-order valence-corrected chi connectivity index (χ4v) is 2.75. The maximum absolute atomic E-state index is 14.6. The lowest BCUT2D eigenvalue weighted by atomic mass is 9.95. The van der Waals surface area contributed by atoms with Gasteiger partial charge in [0.25, 0.3) is 0 Å². The van der Waals surface area contributed by atoms with Crippen molar-refractivity contribution in [2.24, 2.45) is 7.05 Å². The summed E-state index contributed by atoms with van der Waals surface area (Å²) < 4.78 is 16.2. The molecule has 0 bridgehead atoms. The fraction of sp³-hybridized carbons (Fsp3) is 0.105. The van der Waals surface area contributed by atoms with Crippen LogP contribution in [0.15, 0.2) is 48.9 Å². The number of aryl methyl sites for hydroxylation is 1. The SMILES string of the molecule is Cn1cnc(C(=O)c2cc(F)c(Cc3ccc(Cl)cc3)c(C(=O)O)c2)c1. The molecule has 2 aromatic carbocycles. The normalized spacial score (nSPS) is 10.7. The molecule has 0 radical (unpaired) electrons. The van der Waals surface area contributed by atoms with Gasteiger partial charge >= 0.3 is 5.97 Å². The van der Waals surface area contributed by atoms with E-state index >= 15 is 0 Å². The van der Waals surface area contributed by atoms with Gasteiger partial charge in [0.2, 0.25) is 5.78 Å². The van der Waals surface area contributed by atoms with Gasteiger partial charge < -0.3 is 9.67 Å². The van der Waals surface area contributed by atoms with E-state index in [0.717, 1.165) is 6.07 Å². The predicted molar refractivity (Wildman–Crippen MR) is 94.3 cm³/mol. The molecule has 3 aromatic rings. The van der Waals surface area contributed by atoms with Gasteiger partial charge in [-0.05, 0) is 29.8 Å². The third kappa shape index (κ3) is 3.65. The van der Waals surface area contributed by atoms with E-state index in [-0.39, 0.29) is 28.8 Å². The van der Waals surface area contributed by atoms with Crippen molar-refractivity contribution < 1.29 is 19.1 Å². The Morgan fingerprint density at radius 1 is 1.23 bits per heavy atom. The topological polar surface area (TPSA) is 72.2 Å². The highest BCUT2D eigenvalue weighted by molar-refractivity contribution is 6.30. The van der Waals surface area contributed by atoms with Gasteiger partial charge in [0.1, 0.15) is 11.5 Å². The molecule has 0 unspecified atom stereocenters. The quantitative estimate of drug-likeness (QED) is 0.692. The summed E-state index contributed by atoms with van der Waals surface area (Å²) in [5.41, 5.74) is 0.531. The Bertz CT molecular complexity index is 997. The second-order valence-electron chi connectivity index (χ2n) is 5.85. The van der Waals surface area contributed by atoms with Crippen LogP contribution in [0.1, 0.15) is 37.5 Å². The number of hydrogen-bond donors (Lipinski definition) is 1. The monoisotopic (exact) mass is 372 g/mol. The standard InChI is InChI=1S/C19H14ClFN2O3/c1-23-9-17(22-10-23)18(24)12-7-15(19(25)26)14(16(21)8-12)6-11-2-4-13(20)5-3-11/h2-5,7-10H,6H2,1H3,(H,25,26). The number of carboxylic acid groups (broad SMARTS) is 1. The first-order valence-corrected chi connectivity index (χ1v) is 8.06. The van der Waals surface area contributed by atoms with E-state index in [1.54, 1.807) is 35.9 Å². The number of rotatable bonds is 5. The van der Waals surface area contributed by atoms with Crippen LogP contribution in [0.2, 0.25) is 5.02 Å². The molecule has 1 aromatic heterocycles. The minimum absolute atomic E-state index is 0.0115. The summed E-state index contributed by atoms with van der Waals surface area (Å²) in [5, 5.41) is 10.0. The van der Waals surface area contributed by atoms with Crippen molar-refractivity contribution in [2.75, 3.05) is 0 Å². The number of imidazole rings is 1. The number of carbonyl (C=O) groups is 2. The smallest absolute Gasteiger partial charge is 0.336 e. The first-order valence-electron chi connectivity index (χ1n) is 7.68. The van der Waals surface area contributed by atoms with Crippen molar-refractivity contribution in [1.82, 2.24) is 9.55 Å². The number of halogens is 2. The number of aromatic carboxylic acids is 1. The molecule has 0 fully saturated rings. The average molecular weight is 373 g/mol. The van der Waals surface area contributed by atoms with E-state index in [1.165, 1.54) is 18.6 Å². The van der Waals surface area contributed by atoms with Gasteiger partial charge in [0.15, 0.2) is 0 Å². The molecule has 7 heteroatoms. The van der Waals surface area contributed by atoms with Crippen LogP contribution in [0, 0.1) is 5.82 Å². The van der Waals surface area contributed by atoms with Crippen molar-refractivity contribution in [3.05, 3.63) is 87.7 Å². The molecule has 5 nitrogen and oxygen atoms in total. The Balaban J connectivity index is 2.02. The number of carboxylic acids is 1. The van der Waals surface area contributed by atoms with Gasteiger partial charge in [-0.3, -0.25) is 4.79 Å². The van der Waals surface area contributed by atoms with Crippen LogP contribution >= 0.6 is 11.6 Å². The van der Waals surface area contributed by atoms with Gasteiger partial charge in [0.05, 0.1) is 11.9 Å². The maximum atomic E-state index is 14.6. The highest BCUT2D eigenvalue weighted by atomic mass is 35.5. The van der Waals surface area contributed by atoms with Gasteiger partial charge in [-0.1, -0.05) is 23.7 Å². The third-order valence-electron chi connectivity index (χ3n) is 3.92. The van der Waals surface area contributed by atoms with Crippen LogP contribution in [-0.2, 0) is 13.5 Å². The summed E-state index contributed by atoms with van der Waals surface area (Å²) in [6.07, 6.45) is 3.00. The Hall–Kier alpha value is -2.99. The number of nitrogens with zero attached hydrogens (tertiary/aromatic N) is 2. The average Bonchev–Trinajstić information content (AvgIpc) is 3.03. The highest BCUT2D eigenvalue weighted by Gasteiger charge is 2.21. The second-order valence-corrected chi connectivity index (χ2v) is 6.28. The summed E-state index contributed by atoms with van der Waals surface area (Å²) in [5.74, 6) is -2.59. The molecule has 26 heavy (non-hydrogen) atoms. The van der Waals surface area contributed by atoms with Crippen LogP contribution in [0.3, 0.4) is 0 Å². The van der Waals surface area contributed by atoms with Gasteiger partial charge in [0, 0.05) is 35.8 Å². The molecule has 0 spiro atoms. The summed E-state index contributed by atoms with van der Waals surface area (Å²) in [6, 6.07) is 8.92. The maximum Gasteiger partial charge on any atom is 0.336 e. The van der Waals surface area contributed by atoms with Crippen LogP contribution in [0.25, 0.3) is 0 Å². The molecule has 0 atom stereocenters. The fourth-order valence-electron chi connectivity index (χ4n) is 2.62. The van der Waals surface area contributed by atoms with Crippen LogP contribution in [0.4, 0.5) is 4.39 Å². The van der Waals surface area contributed by atoms with E-state index in [2.05, 4.69) is 4.98 Å². The van der Waals surface area contributed by atoms with Crippen LogP contribution < -0.4 is 0 Å². The zero-order valence-corrected chi connectivity index (χ0v) is 14.5. The van der Waals surface area contributed by atoms with Gasteiger partial charge in [-0.2, -0.15) is 0 Å². The Morgan fingerprint density at radius 3 is 2.50 bits per heavy atom. The highest BCUT2D eigenvalue weighted by Crippen LogP contribution is 2.23. The first kappa shape index (κ1) is 17.8. The summed E-state index contributed by atoms with van der Waals surface area (Å²) >= 11 is 5.83. The van der Waals surface area contributed by atoms with E-state index in [4.69, 9.17) is 11.6 Å². The third-order valence-corrected chi connectivity index (χ3v) is 4.17. The molecule has 0 saturated heterocycles. The predicted octanol–water partition coefficient (Wildman–Crippen LogP) is 3.73. The Kier molecular flexibility index (Phi) is 4.86. The van der Waals surface area contributed by atoms with E-state index in [0.29, 0.717) is 10.6 Å². The number of benzene rings is 2. The lowest BCUT2D eigenvalue weighted by Gasteiger charge is -2.10. The lowest BCUT2D eigenvalue weighted by Crippen LogP contribution is -2.11. The van der Waals surface area contributed by atoms with E-state index < -0.39 is 17.6 Å². The Labute approximate surface area is 153 Å². The molecule has 3 rings (SSSR count). The van der Waals surface area contributed by atoms with Crippen LogP contribution in [0.5, 0.6) is 0 Å². The van der Waals surface area contributed by atoms with Gasteiger partial charge in [-0.15, -0.1) is 0 Å². The number of hydrogen-bond acceptors (Lipinski definition) is 3. The zero-order chi connectivity index (χ0) is 18.8. The number of ketones is 1. The molecular formula is C19H14ClFN2O3. The molecule has 0 aliphatic rings. The molecule has 1 heterocycles. The molecule has 0 saturated carbocycles. The summed E-state index contributed by atoms with van der Waals surface area (Å²) in [7, 11) is 1.70. The van der Waals surface area contributed by atoms with Crippen LogP contribution in [-0.4, -0.2) is 26.4 Å². The molecular weight excluding hydrogens is 359 g/mol. The summed E-state index contributed by atoms with van der Waals surface area (Å²) in [4.78, 5) is 28.0. The molecule has 132 valence electrons. The molecule has 1 N–H and O–H groups in total. The van der Waals surface area contributed by atoms with Crippen molar-refractivity contribution >= 4 is 23.4 Å². The minimum Gasteiger partial charge on any atom is -0.478 e. The summed E-state index contributed by atoms with van der Waals surface area (Å²) in [6.45, 7) is 0. The lowest BCUT2D eigenvalue weighted by molar-refractivity contribution is 0.0695. The zero-order valence-electron chi connectivity index (χ0n) is 13.7. The van der Waals surface area contributed by atoms with Crippen molar-refractivity contribution in [3.8, 4) is 0 Å². The molecule has 0 aliphatic carbocycles. The van der Waals surface area contributed by atoms with Crippen molar-refractivity contribution in [2.45, 2.75) is 6.42 Å². The molecule has 0 amide bonds. The minimum atomic E-state index is -1.30. The van der Waals surface area contributed by atoms with E-state index in [1.807, 2.05) is 0 Å². The number of aromatic nitrogens is 2. The van der Waals surface area contributed by atoms with Crippen molar-refractivity contribution in [1.29, 1.82) is 0 Å².